The van der Waals surface area contributed by atoms with Gasteiger partial charge in [-0.25, -0.2) is 4.39 Å². The van der Waals surface area contributed by atoms with Crippen LogP contribution in [-0.4, -0.2) is 42.8 Å². The van der Waals surface area contributed by atoms with E-state index in [1.807, 2.05) is 18.2 Å². The predicted molar refractivity (Wildman–Crippen MR) is 95.4 cm³/mol. The standard InChI is InChI=1S/C21H22FNO3/c22-19-6-4-17(5-7-19)20(24)18-3-1-2-16(14-18)15-23-10-8-21(9-11-23)25-12-13-26-21/h1-7,14H,8-13,15H2. The van der Waals surface area contributed by atoms with Gasteiger partial charge in [-0.15, -0.1) is 0 Å². The van der Waals surface area contributed by atoms with Gasteiger partial charge in [0.1, 0.15) is 5.82 Å². The average molecular weight is 355 g/mol. The number of carbonyl (C=O) groups excluding carboxylic acids is 1. The van der Waals surface area contributed by atoms with Gasteiger partial charge in [-0.1, -0.05) is 18.2 Å². The lowest BCUT2D eigenvalue weighted by atomic mass is 10.00. The molecule has 0 unspecified atom stereocenters. The molecule has 2 aliphatic heterocycles. The molecule has 2 aromatic carbocycles. The Morgan fingerprint density at radius 3 is 2.38 bits per heavy atom. The molecule has 0 amide bonds. The Balaban J connectivity index is 1.41. The minimum atomic E-state index is -0.364. The number of ether oxygens (including phenoxy) is 2. The van der Waals surface area contributed by atoms with Gasteiger partial charge in [0.25, 0.3) is 0 Å². The second kappa shape index (κ2) is 7.27. The van der Waals surface area contributed by atoms with Crippen LogP contribution >= 0.6 is 0 Å². The lowest BCUT2D eigenvalue weighted by Crippen LogP contribution is -2.44. The summed E-state index contributed by atoms with van der Waals surface area (Å²) in [6.07, 6.45) is 1.75. The summed E-state index contributed by atoms with van der Waals surface area (Å²) < 4.78 is 24.6. The number of likely N-dealkylation sites (tertiary alicyclic amines) is 1. The molecule has 0 N–H and O–H groups in total. The van der Waals surface area contributed by atoms with Crippen molar-refractivity contribution >= 4 is 5.78 Å². The summed E-state index contributed by atoms with van der Waals surface area (Å²) in [4.78, 5) is 15.0. The Morgan fingerprint density at radius 1 is 1.00 bits per heavy atom. The molecule has 0 radical (unpaired) electrons. The molecule has 5 heteroatoms. The second-order valence-corrected chi connectivity index (χ2v) is 6.92. The molecular weight excluding hydrogens is 333 g/mol. The zero-order chi connectivity index (χ0) is 18.0. The van der Waals surface area contributed by atoms with Crippen molar-refractivity contribution in [3.63, 3.8) is 0 Å². The van der Waals surface area contributed by atoms with E-state index in [2.05, 4.69) is 4.90 Å². The summed E-state index contributed by atoms with van der Waals surface area (Å²) in [5, 5.41) is 0. The van der Waals surface area contributed by atoms with E-state index in [9.17, 15) is 9.18 Å². The first-order valence-corrected chi connectivity index (χ1v) is 9.03. The van der Waals surface area contributed by atoms with E-state index < -0.39 is 0 Å². The molecule has 136 valence electrons. The molecule has 0 saturated carbocycles. The maximum atomic E-state index is 13.1. The van der Waals surface area contributed by atoms with Crippen molar-refractivity contribution in [1.82, 2.24) is 4.90 Å². The molecule has 0 aliphatic carbocycles. The van der Waals surface area contributed by atoms with Gasteiger partial charge >= 0.3 is 0 Å². The largest absolute Gasteiger partial charge is 0.347 e. The Morgan fingerprint density at radius 2 is 1.69 bits per heavy atom. The maximum absolute atomic E-state index is 13.1. The molecule has 0 atom stereocenters. The number of hydrogen-bond acceptors (Lipinski definition) is 4. The highest BCUT2D eigenvalue weighted by atomic mass is 19.1. The van der Waals surface area contributed by atoms with Gasteiger partial charge in [0.05, 0.1) is 13.2 Å². The fraction of sp³-hybridized carbons (Fsp3) is 0.381. The van der Waals surface area contributed by atoms with E-state index in [1.54, 1.807) is 6.07 Å². The van der Waals surface area contributed by atoms with Crippen molar-refractivity contribution in [2.45, 2.75) is 25.2 Å². The van der Waals surface area contributed by atoms with Crippen LogP contribution < -0.4 is 0 Å². The molecule has 26 heavy (non-hydrogen) atoms. The van der Waals surface area contributed by atoms with Gasteiger partial charge in [-0.05, 0) is 35.9 Å². The molecule has 4 nitrogen and oxygen atoms in total. The molecule has 2 aliphatic rings. The topological polar surface area (TPSA) is 38.8 Å². The molecule has 2 aromatic rings. The SMILES string of the molecule is O=C(c1ccc(F)cc1)c1cccc(CN2CCC3(CC2)OCCO3)c1. The fourth-order valence-electron chi connectivity index (χ4n) is 3.67. The first kappa shape index (κ1) is 17.3. The van der Waals surface area contributed by atoms with Gasteiger partial charge in [-0.2, -0.15) is 0 Å². The van der Waals surface area contributed by atoms with Crippen LogP contribution in [0.1, 0.15) is 34.3 Å². The third-order valence-corrected chi connectivity index (χ3v) is 5.13. The first-order chi connectivity index (χ1) is 12.6. The summed E-state index contributed by atoms with van der Waals surface area (Å²) >= 11 is 0. The van der Waals surface area contributed by atoms with Crippen LogP contribution in [0.2, 0.25) is 0 Å². The van der Waals surface area contributed by atoms with E-state index in [0.29, 0.717) is 24.3 Å². The van der Waals surface area contributed by atoms with Crippen LogP contribution in [0, 0.1) is 5.82 Å². The Labute approximate surface area is 152 Å². The lowest BCUT2D eigenvalue weighted by molar-refractivity contribution is -0.185. The van der Waals surface area contributed by atoms with Crippen molar-refractivity contribution < 1.29 is 18.7 Å². The number of nitrogens with zero attached hydrogens (tertiary/aromatic N) is 1. The summed E-state index contributed by atoms with van der Waals surface area (Å²) in [6, 6.07) is 13.3. The molecule has 1 spiro atoms. The lowest BCUT2D eigenvalue weighted by Gasteiger charge is -2.37. The van der Waals surface area contributed by atoms with Crippen LogP contribution in [0.25, 0.3) is 0 Å². The summed E-state index contributed by atoms with van der Waals surface area (Å²) in [7, 11) is 0. The number of benzene rings is 2. The highest BCUT2D eigenvalue weighted by Crippen LogP contribution is 2.31. The molecular formula is C21H22FNO3. The predicted octanol–water partition coefficient (Wildman–Crippen LogP) is 3.40. The number of carbonyl (C=O) groups is 1. The van der Waals surface area contributed by atoms with Crippen LogP contribution in [-0.2, 0) is 16.0 Å². The van der Waals surface area contributed by atoms with Crippen molar-refractivity contribution in [3.05, 3.63) is 71.0 Å². The minimum absolute atomic E-state index is 0.0859. The molecule has 2 saturated heterocycles. The zero-order valence-corrected chi connectivity index (χ0v) is 14.6. The van der Waals surface area contributed by atoms with Crippen molar-refractivity contribution in [2.75, 3.05) is 26.3 Å². The first-order valence-electron chi connectivity index (χ1n) is 9.03. The quantitative estimate of drug-likeness (QED) is 0.788. The van der Waals surface area contributed by atoms with Gasteiger partial charge in [-0.3, -0.25) is 9.69 Å². The maximum Gasteiger partial charge on any atom is 0.193 e. The number of piperidine rings is 1. The Bertz CT molecular complexity index is 774. The van der Waals surface area contributed by atoms with Gasteiger partial charge in [0, 0.05) is 43.6 Å². The fourth-order valence-corrected chi connectivity index (χ4v) is 3.67. The number of rotatable bonds is 4. The highest BCUT2D eigenvalue weighted by molar-refractivity contribution is 6.09. The molecule has 0 bridgehead atoms. The van der Waals surface area contributed by atoms with Crippen LogP contribution in [0.15, 0.2) is 48.5 Å². The Kier molecular flexibility index (Phi) is 4.85. The Hall–Kier alpha value is -2.08. The van der Waals surface area contributed by atoms with Gasteiger partial charge in [0.15, 0.2) is 11.6 Å². The minimum Gasteiger partial charge on any atom is -0.347 e. The average Bonchev–Trinajstić information content (AvgIpc) is 3.12. The van der Waals surface area contributed by atoms with Crippen molar-refractivity contribution in [3.8, 4) is 0 Å². The highest BCUT2D eigenvalue weighted by Gasteiger charge is 2.39. The van der Waals surface area contributed by atoms with Crippen molar-refractivity contribution in [2.24, 2.45) is 0 Å². The summed E-state index contributed by atoms with van der Waals surface area (Å²) in [5.41, 5.74) is 2.23. The van der Waals surface area contributed by atoms with E-state index in [1.165, 1.54) is 24.3 Å². The van der Waals surface area contributed by atoms with E-state index in [0.717, 1.165) is 38.0 Å². The van der Waals surface area contributed by atoms with Crippen LogP contribution in [0.4, 0.5) is 4.39 Å². The molecule has 2 fully saturated rings. The van der Waals surface area contributed by atoms with E-state index in [4.69, 9.17) is 9.47 Å². The third-order valence-electron chi connectivity index (χ3n) is 5.13. The van der Waals surface area contributed by atoms with Crippen LogP contribution in [0.5, 0.6) is 0 Å². The van der Waals surface area contributed by atoms with Gasteiger partial charge < -0.3 is 9.47 Å². The summed E-state index contributed by atoms with van der Waals surface area (Å²) in [6.45, 7) is 3.99. The third kappa shape index (κ3) is 3.70. The second-order valence-electron chi connectivity index (χ2n) is 6.92. The normalized spacial score (nSPS) is 19.7. The van der Waals surface area contributed by atoms with Crippen LogP contribution in [0.3, 0.4) is 0 Å². The smallest absolute Gasteiger partial charge is 0.193 e. The molecule has 0 aromatic heterocycles. The number of halogens is 1. The number of ketones is 1. The summed E-state index contributed by atoms with van der Waals surface area (Å²) in [5.74, 6) is -0.790. The zero-order valence-electron chi connectivity index (χ0n) is 14.6. The van der Waals surface area contributed by atoms with Crippen molar-refractivity contribution in [1.29, 1.82) is 0 Å². The molecule has 4 rings (SSSR count). The van der Waals surface area contributed by atoms with Gasteiger partial charge in [0.2, 0.25) is 0 Å². The van der Waals surface area contributed by atoms with E-state index in [-0.39, 0.29) is 17.4 Å². The number of hydrogen-bond donors (Lipinski definition) is 0. The molecule has 2 heterocycles. The monoisotopic (exact) mass is 355 g/mol. The van der Waals surface area contributed by atoms with E-state index >= 15 is 0 Å².